The fourth-order valence-corrected chi connectivity index (χ4v) is 6.30. The van der Waals surface area contributed by atoms with Crippen LogP contribution < -0.4 is 14.5 Å². The van der Waals surface area contributed by atoms with Crippen molar-refractivity contribution in [1.82, 2.24) is 9.88 Å². The fourth-order valence-electron chi connectivity index (χ4n) is 4.52. The molecule has 5 rings (SSSR count). The van der Waals surface area contributed by atoms with E-state index in [1.54, 1.807) is 27.3 Å². The second-order valence-corrected chi connectivity index (χ2v) is 10.9. The monoisotopic (exact) mass is 521 g/mol. The number of thiazole rings is 1. The van der Waals surface area contributed by atoms with Crippen molar-refractivity contribution in [2.45, 2.75) is 17.4 Å². The largest absolute Gasteiger partial charge is 0.367 e. The Morgan fingerprint density at radius 3 is 2.46 bits per heavy atom. The molecule has 0 aliphatic carbocycles. The number of aromatic nitrogens is 1. The standard InChI is InChI=1S/C23H23F2N5O3S2.H2/c24-16-1-6-19(25)21(15-16)29-12-10-28(11-13-29)20-7-9-30(22(20)31)17-2-4-18(5-3-17)35(32,33)27-23-26-8-14-34-23;/h1-6,8,14-15,20H,7,9-13H2,(H,26,27);1H/t20-;/m0./s1. The average molecular weight is 522 g/mol. The third kappa shape index (κ3) is 4.86. The molecule has 1 atom stereocenters. The Balaban J connectivity index is 0.00000304. The number of rotatable bonds is 6. The molecular formula is C23H25F2N5O3S2. The molecule has 0 saturated carbocycles. The number of anilines is 3. The number of nitrogens with zero attached hydrogens (tertiary/aromatic N) is 4. The average Bonchev–Trinajstić information content (AvgIpc) is 3.50. The van der Waals surface area contributed by atoms with Crippen LogP contribution in [0.4, 0.5) is 25.3 Å². The molecular weight excluding hydrogens is 496 g/mol. The summed E-state index contributed by atoms with van der Waals surface area (Å²) in [5.41, 5.74) is 0.870. The first-order valence-electron chi connectivity index (χ1n) is 11.1. The van der Waals surface area contributed by atoms with E-state index < -0.39 is 21.7 Å². The second-order valence-electron chi connectivity index (χ2n) is 8.35. The van der Waals surface area contributed by atoms with Crippen molar-refractivity contribution in [1.29, 1.82) is 0 Å². The molecule has 2 saturated heterocycles. The minimum Gasteiger partial charge on any atom is -0.367 e. The number of hydrogen-bond acceptors (Lipinski definition) is 7. The van der Waals surface area contributed by atoms with E-state index in [4.69, 9.17) is 0 Å². The van der Waals surface area contributed by atoms with Crippen LogP contribution >= 0.6 is 11.3 Å². The number of benzene rings is 2. The minimum atomic E-state index is -3.77. The van der Waals surface area contributed by atoms with E-state index in [2.05, 4.69) is 14.6 Å². The lowest BCUT2D eigenvalue weighted by molar-refractivity contribution is -0.121. The van der Waals surface area contributed by atoms with Gasteiger partial charge in [-0.3, -0.25) is 14.4 Å². The van der Waals surface area contributed by atoms with Crippen LogP contribution in [0, 0.1) is 11.6 Å². The molecule has 186 valence electrons. The van der Waals surface area contributed by atoms with Crippen molar-refractivity contribution in [2.24, 2.45) is 0 Å². The Morgan fingerprint density at radius 1 is 1.03 bits per heavy atom. The molecule has 2 aliphatic heterocycles. The van der Waals surface area contributed by atoms with Crippen LogP contribution in [-0.4, -0.2) is 63.0 Å². The first-order chi connectivity index (χ1) is 16.8. The molecule has 0 unspecified atom stereocenters. The van der Waals surface area contributed by atoms with Crippen LogP contribution in [0.5, 0.6) is 0 Å². The number of carbonyl (C=O) groups excluding carboxylic acids is 1. The first-order valence-corrected chi connectivity index (χ1v) is 13.5. The highest BCUT2D eigenvalue weighted by Gasteiger charge is 2.38. The number of piperazine rings is 1. The van der Waals surface area contributed by atoms with Gasteiger partial charge in [0.1, 0.15) is 11.6 Å². The van der Waals surface area contributed by atoms with E-state index in [0.29, 0.717) is 44.8 Å². The van der Waals surface area contributed by atoms with Crippen molar-refractivity contribution in [3.8, 4) is 0 Å². The molecule has 0 bridgehead atoms. The molecule has 1 aromatic heterocycles. The summed E-state index contributed by atoms with van der Waals surface area (Å²) in [6.45, 7) is 2.61. The van der Waals surface area contributed by atoms with Crippen molar-refractivity contribution in [2.75, 3.05) is 47.2 Å². The van der Waals surface area contributed by atoms with Gasteiger partial charge in [-0.25, -0.2) is 22.2 Å². The summed E-state index contributed by atoms with van der Waals surface area (Å²) in [7, 11) is -3.77. The Morgan fingerprint density at radius 2 is 1.77 bits per heavy atom. The first kappa shape index (κ1) is 23.6. The van der Waals surface area contributed by atoms with Crippen molar-refractivity contribution in [3.05, 3.63) is 65.7 Å². The van der Waals surface area contributed by atoms with E-state index in [-0.39, 0.29) is 29.1 Å². The second kappa shape index (κ2) is 9.51. The third-order valence-electron chi connectivity index (χ3n) is 6.29. The molecule has 12 heteroatoms. The summed E-state index contributed by atoms with van der Waals surface area (Å²) in [5, 5.41) is 1.96. The lowest BCUT2D eigenvalue weighted by Gasteiger charge is -2.38. The van der Waals surface area contributed by atoms with E-state index in [0.717, 1.165) is 12.1 Å². The van der Waals surface area contributed by atoms with E-state index in [9.17, 15) is 22.0 Å². The molecule has 35 heavy (non-hydrogen) atoms. The minimum absolute atomic E-state index is 0. The summed E-state index contributed by atoms with van der Waals surface area (Å²) in [4.78, 5) is 22.7. The summed E-state index contributed by atoms with van der Waals surface area (Å²) >= 11 is 1.18. The maximum Gasteiger partial charge on any atom is 0.263 e. The van der Waals surface area contributed by atoms with Gasteiger partial charge in [0, 0.05) is 57.5 Å². The molecule has 0 radical (unpaired) electrons. The van der Waals surface area contributed by atoms with Crippen LogP contribution in [0.3, 0.4) is 0 Å². The van der Waals surface area contributed by atoms with Crippen LogP contribution in [0.2, 0.25) is 0 Å². The Labute approximate surface area is 207 Å². The van der Waals surface area contributed by atoms with Crippen LogP contribution in [0.25, 0.3) is 0 Å². The predicted molar refractivity (Wildman–Crippen MR) is 132 cm³/mol. The summed E-state index contributed by atoms with van der Waals surface area (Å²) in [5.74, 6) is -0.995. The zero-order valence-electron chi connectivity index (χ0n) is 18.6. The van der Waals surface area contributed by atoms with Gasteiger partial charge < -0.3 is 9.80 Å². The Bertz CT molecular complexity index is 1320. The third-order valence-corrected chi connectivity index (χ3v) is 8.47. The van der Waals surface area contributed by atoms with E-state index in [1.807, 2.05) is 0 Å². The highest BCUT2D eigenvalue weighted by atomic mass is 32.2. The molecule has 3 heterocycles. The SMILES string of the molecule is O=C1[C@@H](N2CCN(c3cc(F)ccc3F)CC2)CCN1c1ccc(S(=O)(=O)Nc2nccs2)cc1.[HH]. The predicted octanol–water partition coefficient (Wildman–Crippen LogP) is 3.40. The molecule has 0 spiro atoms. The zero-order valence-corrected chi connectivity index (χ0v) is 20.2. The molecule has 1 N–H and O–H groups in total. The molecule has 8 nitrogen and oxygen atoms in total. The summed E-state index contributed by atoms with van der Waals surface area (Å²) in [6.07, 6.45) is 2.15. The van der Waals surface area contributed by atoms with E-state index in [1.165, 1.54) is 35.7 Å². The number of carbonyl (C=O) groups is 1. The molecule has 3 aromatic rings. The number of nitrogens with one attached hydrogen (secondary N) is 1. The van der Waals surface area contributed by atoms with Gasteiger partial charge in [0.25, 0.3) is 10.0 Å². The van der Waals surface area contributed by atoms with Gasteiger partial charge in [-0.2, -0.15) is 0 Å². The maximum absolute atomic E-state index is 14.1. The van der Waals surface area contributed by atoms with Crippen molar-refractivity contribution < 1.29 is 23.4 Å². The van der Waals surface area contributed by atoms with Gasteiger partial charge in [-0.1, -0.05) is 0 Å². The van der Waals surface area contributed by atoms with Gasteiger partial charge in [0.05, 0.1) is 16.6 Å². The van der Waals surface area contributed by atoms with Gasteiger partial charge in [0.2, 0.25) is 5.91 Å². The number of sulfonamides is 1. The fraction of sp³-hybridized carbons (Fsp3) is 0.304. The molecule has 2 fully saturated rings. The van der Waals surface area contributed by atoms with Crippen LogP contribution in [0.1, 0.15) is 7.85 Å². The Hall–Kier alpha value is -3.09. The van der Waals surface area contributed by atoms with E-state index >= 15 is 0 Å². The van der Waals surface area contributed by atoms with Gasteiger partial charge in [-0.05, 0) is 42.8 Å². The normalized spacial score (nSPS) is 19.4. The smallest absolute Gasteiger partial charge is 0.263 e. The molecule has 1 amide bonds. The lowest BCUT2D eigenvalue weighted by Crippen LogP contribution is -2.52. The van der Waals surface area contributed by atoms with Crippen molar-refractivity contribution >= 4 is 43.8 Å². The quantitative estimate of drug-likeness (QED) is 0.535. The summed E-state index contributed by atoms with van der Waals surface area (Å²) < 4.78 is 55.2. The number of halogens is 2. The summed E-state index contributed by atoms with van der Waals surface area (Å²) in [6, 6.07) is 9.31. The van der Waals surface area contributed by atoms with Gasteiger partial charge >= 0.3 is 0 Å². The molecule has 2 aromatic carbocycles. The highest BCUT2D eigenvalue weighted by Crippen LogP contribution is 2.28. The topological polar surface area (TPSA) is 85.9 Å². The van der Waals surface area contributed by atoms with Crippen LogP contribution in [-0.2, 0) is 14.8 Å². The molecule has 2 aliphatic rings. The van der Waals surface area contributed by atoms with Crippen molar-refractivity contribution in [3.63, 3.8) is 0 Å². The number of amides is 1. The zero-order chi connectivity index (χ0) is 24.6. The van der Waals surface area contributed by atoms with Gasteiger partial charge in [-0.15, -0.1) is 11.3 Å². The number of hydrogen-bond donors (Lipinski definition) is 1. The maximum atomic E-state index is 14.1. The Kier molecular flexibility index (Phi) is 6.43. The van der Waals surface area contributed by atoms with Crippen LogP contribution in [0.15, 0.2) is 58.9 Å². The lowest BCUT2D eigenvalue weighted by atomic mass is 10.1. The van der Waals surface area contributed by atoms with Gasteiger partial charge in [0.15, 0.2) is 5.13 Å². The highest BCUT2D eigenvalue weighted by molar-refractivity contribution is 7.93.